The molecule has 0 bridgehead atoms. The van der Waals surface area contributed by atoms with Crippen LogP contribution in [0.15, 0.2) is 36.5 Å². The van der Waals surface area contributed by atoms with Gasteiger partial charge >= 0.3 is 5.97 Å². The van der Waals surface area contributed by atoms with Gasteiger partial charge in [0.2, 0.25) is 5.91 Å². The molecule has 0 saturated heterocycles. The third kappa shape index (κ3) is 71.0. The maximum absolute atomic E-state index is 12.5. The van der Waals surface area contributed by atoms with Crippen LogP contribution >= 0.6 is 0 Å². The van der Waals surface area contributed by atoms with Gasteiger partial charge < -0.3 is 20.3 Å². The first kappa shape index (κ1) is 83.1. The van der Waals surface area contributed by atoms with Crippen LogP contribution in [0, 0.1) is 0 Å². The predicted octanol–water partition coefficient (Wildman–Crippen LogP) is 25.4. The van der Waals surface area contributed by atoms with E-state index in [1.807, 2.05) is 6.08 Å². The summed E-state index contributed by atoms with van der Waals surface area (Å²) in [6, 6.07) is -0.623. The van der Waals surface area contributed by atoms with Crippen molar-refractivity contribution in [3.8, 4) is 0 Å². The Morgan fingerprint density at radius 1 is 0.329 bits per heavy atom. The highest BCUT2D eigenvalue weighted by Gasteiger charge is 2.18. The van der Waals surface area contributed by atoms with Crippen LogP contribution in [-0.4, -0.2) is 47.4 Å². The molecule has 0 aromatic rings. The molecule has 0 aliphatic carbocycles. The number of nitrogens with one attached hydrogen (secondary N) is 1. The SMILES string of the molecule is CCCC/C=C\C/C=C\CCCCCCCC(=O)OCCCCCCCCCCCCCCCCCCCCCCCCCCCCCCCCCCCCCCCCCC(=O)NC(CO)C(O)/C=C/CCCCCCCCCCCCCCC. The average molecular weight is 1200 g/mol. The third-order valence-electron chi connectivity index (χ3n) is 18.2. The molecule has 2 atom stereocenters. The summed E-state index contributed by atoms with van der Waals surface area (Å²) in [5.74, 6) is -0.0496. The van der Waals surface area contributed by atoms with Crippen molar-refractivity contribution in [3.05, 3.63) is 36.5 Å². The molecule has 0 heterocycles. The molecule has 0 aromatic heterocycles. The van der Waals surface area contributed by atoms with E-state index >= 15 is 0 Å². The molecular formula is C79H151NO5. The van der Waals surface area contributed by atoms with Crippen LogP contribution < -0.4 is 5.32 Å². The molecule has 0 aromatic carbocycles. The molecule has 0 fully saturated rings. The molecule has 0 rings (SSSR count). The number of rotatable bonds is 73. The number of carbonyl (C=O) groups is 2. The first-order valence-corrected chi connectivity index (χ1v) is 38.8. The van der Waals surface area contributed by atoms with Crippen molar-refractivity contribution >= 4 is 11.9 Å². The summed E-state index contributed by atoms with van der Waals surface area (Å²) in [5.41, 5.74) is 0. The summed E-state index contributed by atoms with van der Waals surface area (Å²) in [4.78, 5) is 24.6. The highest BCUT2D eigenvalue weighted by atomic mass is 16.5. The molecule has 1 amide bonds. The van der Waals surface area contributed by atoms with Crippen LogP contribution in [0.25, 0.3) is 0 Å². The van der Waals surface area contributed by atoms with Crippen molar-refractivity contribution in [1.29, 1.82) is 0 Å². The molecule has 6 nitrogen and oxygen atoms in total. The summed E-state index contributed by atoms with van der Waals surface area (Å²) < 4.78 is 5.49. The van der Waals surface area contributed by atoms with E-state index in [9.17, 15) is 19.8 Å². The lowest BCUT2D eigenvalue weighted by atomic mass is 10.0. The van der Waals surface area contributed by atoms with Gasteiger partial charge in [0.25, 0.3) is 0 Å². The molecule has 502 valence electrons. The monoisotopic (exact) mass is 1190 g/mol. The van der Waals surface area contributed by atoms with E-state index in [1.54, 1.807) is 6.08 Å². The molecule has 0 aliphatic rings. The number of esters is 1. The number of amides is 1. The normalized spacial score (nSPS) is 12.7. The molecule has 0 saturated carbocycles. The van der Waals surface area contributed by atoms with E-state index in [4.69, 9.17) is 4.74 Å². The highest BCUT2D eigenvalue weighted by Crippen LogP contribution is 2.20. The number of carbonyl (C=O) groups excluding carboxylic acids is 2. The number of ether oxygens (including phenoxy) is 1. The minimum Gasteiger partial charge on any atom is -0.466 e. The largest absolute Gasteiger partial charge is 0.466 e. The summed E-state index contributed by atoms with van der Waals surface area (Å²) in [7, 11) is 0. The van der Waals surface area contributed by atoms with Crippen LogP contribution in [0.5, 0.6) is 0 Å². The van der Waals surface area contributed by atoms with Crippen molar-refractivity contribution in [2.75, 3.05) is 13.2 Å². The zero-order valence-corrected chi connectivity index (χ0v) is 57.6. The lowest BCUT2D eigenvalue weighted by Gasteiger charge is -2.20. The van der Waals surface area contributed by atoms with Gasteiger partial charge in [0.15, 0.2) is 0 Å². The second-order valence-electron chi connectivity index (χ2n) is 26.7. The van der Waals surface area contributed by atoms with Crippen LogP contribution in [0.3, 0.4) is 0 Å². The van der Waals surface area contributed by atoms with Crippen molar-refractivity contribution in [3.63, 3.8) is 0 Å². The third-order valence-corrected chi connectivity index (χ3v) is 18.2. The Labute approximate surface area is 532 Å². The maximum Gasteiger partial charge on any atom is 0.305 e. The van der Waals surface area contributed by atoms with E-state index in [-0.39, 0.29) is 18.5 Å². The Hall–Kier alpha value is -1.92. The molecule has 0 radical (unpaired) electrons. The van der Waals surface area contributed by atoms with Gasteiger partial charge in [-0.1, -0.05) is 397 Å². The number of hydrogen-bond donors (Lipinski definition) is 3. The molecule has 6 heteroatoms. The molecule has 3 N–H and O–H groups in total. The van der Waals surface area contributed by atoms with E-state index in [0.717, 1.165) is 51.4 Å². The van der Waals surface area contributed by atoms with Crippen LogP contribution in [0.1, 0.15) is 431 Å². The van der Waals surface area contributed by atoms with Crippen molar-refractivity contribution < 1.29 is 24.5 Å². The van der Waals surface area contributed by atoms with Gasteiger partial charge in [-0.25, -0.2) is 0 Å². The van der Waals surface area contributed by atoms with Gasteiger partial charge in [-0.05, 0) is 57.8 Å². The fraction of sp³-hybridized carbons (Fsp3) is 0.899. The summed E-state index contributed by atoms with van der Waals surface area (Å²) in [6.45, 7) is 4.89. The van der Waals surface area contributed by atoms with Gasteiger partial charge in [-0.15, -0.1) is 0 Å². The fourth-order valence-corrected chi connectivity index (χ4v) is 12.2. The number of aliphatic hydroxyl groups excluding tert-OH is 2. The van der Waals surface area contributed by atoms with Crippen LogP contribution in [0.4, 0.5) is 0 Å². The van der Waals surface area contributed by atoms with Gasteiger partial charge in [-0.2, -0.15) is 0 Å². The first-order valence-electron chi connectivity index (χ1n) is 38.8. The van der Waals surface area contributed by atoms with Crippen molar-refractivity contribution in [1.82, 2.24) is 5.32 Å². The lowest BCUT2D eigenvalue weighted by Crippen LogP contribution is -2.45. The van der Waals surface area contributed by atoms with Crippen molar-refractivity contribution in [2.45, 2.75) is 443 Å². The molecule has 85 heavy (non-hydrogen) atoms. The van der Waals surface area contributed by atoms with E-state index in [1.165, 1.54) is 353 Å². The van der Waals surface area contributed by atoms with Gasteiger partial charge in [0, 0.05) is 12.8 Å². The Morgan fingerprint density at radius 3 is 0.929 bits per heavy atom. The Morgan fingerprint density at radius 2 is 0.600 bits per heavy atom. The Balaban J connectivity index is 3.30. The highest BCUT2D eigenvalue weighted by molar-refractivity contribution is 5.76. The molecule has 2 unspecified atom stereocenters. The second-order valence-corrected chi connectivity index (χ2v) is 26.7. The zero-order valence-electron chi connectivity index (χ0n) is 57.6. The summed E-state index contributed by atoms with van der Waals surface area (Å²) >= 11 is 0. The molecule has 0 spiro atoms. The van der Waals surface area contributed by atoms with Crippen LogP contribution in [0.2, 0.25) is 0 Å². The van der Waals surface area contributed by atoms with E-state index < -0.39 is 12.1 Å². The number of hydrogen-bond acceptors (Lipinski definition) is 5. The Bertz CT molecular complexity index is 1380. The molecule has 0 aliphatic heterocycles. The quantitative estimate of drug-likeness (QED) is 0.0320. The standard InChI is InChI=1S/C79H151NO5/c1-3-5-7-9-11-13-15-17-44-47-51-55-59-63-67-71-77(82)76(75-81)80-78(83)72-68-64-60-56-52-48-45-42-40-38-36-34-32-30-28-26-24-22-20-19-21-23-25-27-29-31-33-35-37-39-41-43-46-50-54-58-62-66-70-74-85-79(84)73-69-65-61-57-53-49-18-16-14-12-10-8-6-4-2/h10,12,16,18,67,71,76-77,81-82H,3-9,11,13-15,17,19-66,68-70,72-75H2,1-2H3,(H,80,83)/b12-10-,18-16-,71-67+. The average Bonchev–Trinajstić information content (AvgIpc) is 3.52. The fourth-order valence-electron chi connectivity index (χ4n) is 12.2. The topological polar surface area (TPSA) is 95.9 Å². The predicted molar refractivity (Wildman–Crippen MR) is 375 cm³/mol. The minimum absolute atomic E-state index is 0.00958. The maximum atomic E-state index is 12.5. The Kier molecular flexibility index (Phi) is 72.9. The number of allylic oxidation sites excluding steroid dienone is 5. The van der Waals surface area contributed by atoms with Crippen molar-refractivity contribution in [2.24, 2.45) is 0 Å². The number of unbranched alkanes of at least 4 members (excludes halogenated alkanes) is 58. The van der Waals surface area contributed by atoms with Gasteiger partial charge in [-0.3, -0.25) is 9.59 Å². The van der Waals surface area contributed by atoms with Gasteiger partial charge in [0.05, 0.1) is 25.4 Å². The minimum atomic E-state index is -0.840. The first-order chi connectivity index (χ1) is 42.0. The van der Waals surface area contributed by atoms with Crippen LogP contribution in [-0.2, 0) is 14.3 Å². The molecular weight excluding hydrogens is 1040 g/mol. The van der Waals surface area contributed by atoms with E-state index in [0.29, 0.717) is 19.4 Å². The number of aliphatic hydroxyl groups is 2. The van der Waals surface area contributed by atoms with Gasteiger partial charge in [0.1, 0.15) is 0 Å². The second kappa shape index (κ2) is 74.5. The zero-order chi connectivity index (χ0) is 61.3. The lowest BCUT2D eigenvalue weighted by molar-refractivity contribution is -0.143. The van der Waals surface area contributed by atoms with E-state index in [2.05, 4.69) is 43.5 Å². The summed E-state index contributed by atoms with van der Waals surface area (Å²) in [6.07, 6.45) is 97.0. The smallest absolute Gasteiger partial charge is 0.305 e. The summed E-state index contributed by atoms with van der Waals surface area (Å²) in [5, 5.41) is 23.2.